The standard InChI is InChI=1S/C12H26N2S/c1-5-6-12-9-14(8-11(3)15-4)10(2)7-13-12/h10-13H,5-9H2,1-4H3. The Labute approximate surface area is 99.2 Å². The van der Waals surface area contributed by atoms with Crippen molar-refractivity contribution in [1.82, 2.24) is 10.2 Å². The van der Waals surface area contributed by atoms with Crippen LogP contribution in [0.1, 0.15) is 33.6 Å². The summed E-state index contributed by atoms with van der Waals surface area (Å²) in [6.45, 7) is 10.6. The van der Waals surface area contributed by atoms with Crippen molar-refractivity contribution in [3.63, 3.8) is 0 Å². The number of nitrogens with one attached hydrogen (secondary N) is 1. The zero-order chi connectivity index (χ0) is 11.3. The number of nitrogens with zero attached hydrogens (tertiary/aromatic N) is 1. The minimum absolute atomic E-state index is 0.702. The van der Waals surface area contributed by atoms with E-state index >= 15 is 0 Å². The SMILES string of the molecule is CCCC1CN(CC(C)SC)C(C)CN1. The Kier molecular flexibility index (Phi) is 6.02. The van der Waals surface area contributed by atoms with E-state index in [1.165, 1.54) is 25.9 Å². The fourth-order valence-electron chi connectivity index (χ4n) is 2.19. The lowest BCUT2D eigenvalue weighted by Crippen LogP contribution is -2.56. The lowest BCUT2D eigenvalue weighted by atomic mass is 10.1. The third-order valence-electron chi connectivity index (χ3n) is 3.31. The van der Waals surface area contributed by atoms with Crippen molar-refractivity contribution in [3.05, 3.63) is 0 Å². The molecule has 0 aliphatic carbocycles. The van der Waals surface area contributed by atoms with Gasteiger partial charge in [-0.3, -0.25) is 4.90 Å². The summed E-state index contributed by atoms with van der Waals surface area (Å²) in [6.07, 6.45) is 4.82. The topological polar surface area (TPSA) is 15.3 Å². The van der Waals surface area contributed by atoms with Gasteiger partial charge < -0.3 is 5.32 Å². The van der Waals surface area contributed by atoms with Gasteiger partial charge in [-0.1, -0.05) is 20.3 Å². The van der Waals surface area contributed by atoms with Gasteiger partial charge in [0.25, 0.3) is 0 Å². The zero-order valence-electron chi connectivity index (χ0n) is 10.6. The van der Waals surface area contributed by atoms with Gasteiger partial charge in [-0.25, -0.2) is 0 Å². The predicted octanol–water partition coefficient (Wildman–Crippen LogP) is 2.20. The van der Waals surface area contributed by atoms with Crippen LogP contribution in [0.2, 0.25) is 0 Å². The van der Waals surface area contributed by atoms with Gasteiger partial charge in [0.2, 0.25) is 0 Å². The van der Waals surface area contributed by atoms with Crippen LogP contribution in [0, 0.1) is 0 Å². The summed E-state index contributed by atoms with van der Waals surface area (Å²) >= 11 is 1.97. The Morgan fingerprint density at radius 3 is 2.87 bits per heavy atom. The molecule has 0 aromatic rings. The van der Waals surface area contributed by atoms with Crippen LogP contribution in [0.15, 0.2) is 0 Å². The lowest BCUT2D eigenvalue weighted by Gasteiger charge is -2.39. The molecule has 15 heavy (non-hydrogen) atoms. The molecule has 1 N–H and O–H groups in total. The first kappa shape index (κ1) is 13.3. The van der Waals surface area contributed by atoms with Crippen molar-refractivity contribution in [2.75, 3.05) is 25.9 Å². The van der Waals surface area contributed by atoms with Crippen LogP contribution in [-0.2, 0) is 0 Å². The lowest BCUT2D eigenvalue weighted by molar-refractivity contribution is 0.139. The third-order valence-corrected chi connectivity index (χ3v) is 4.27. The molecule has 0 bridgehead atoms. The quantitative estimate of drug-likeness (QED) is 0.779. The van der Waals surface area contributed by atoms with E-state index in [-0.39, 0.29) is 0 Å². The molecule has 0 radical (unpaired) electrons. The molecule has 3 atom stereocenters. The maximum Gasteiger partial charge on any atom is 0.0195 e. The highest BCUT2D eigenvalue weighted by Crippen LogP contribution is 2.14. The molecule has 2 nitrogen and oxygen atoms in total. The molecule has 0 spiro atoms. The minimum atomic E-state index is 0.702. The van der Waals surface area contributed by atoms with E-state index in [1.807, 2.05) is 11.8 Å². The van der Waals surface area contributed by atoms with Crippen LogP contribution < -0.4 is 5.32 Å². The average molecular weight is 230 g/mol. The fraction of sp³-hybridized carbons (Fsp3) is 1.00. The van der Waals surface area contributed by atoms with Crippen molar-refractivity contribution in [2.24, 2.45) is 0 Å². The molecule has 1 aliphatic heterocycles. The maximum absolute atomic E-state index is 3.64. The third kappa shape index (κ3) is 4.33. The maximum atomic E-state index is 3.64. The van der Waals surface area contributed by atoms with Gasteiger partial charge in [-0.2, -0.15) is 11.8 Å². The van der Waals surface area contributed by atoms with E-state index < -0.39 is 0 Å². The Bertz CT molecular complexity index is 175. The Balaban J connectivity index is 2.39. The van der Waals surface area contributed by atoms with Crippen molar-refractivity contribution >= 4 is 11.8 Å². The fourth-order valence-corrected chi connectivity index (χ4v) is 2.54. The van der Waals surface area contributed by atoms with Gasteiger partial charge in [0.05, 0.1) is 0 Å². The monoisotopic (exact) mass is 230 g/mol. The molecular formula is C12H26N2S. The Hall–Kier alpha value is 0.270. The van der Waals surface area contributed by atoms with Crippen LogP contribution in [0.25, 0.3) is 0 Å². The first-order valence-corrected chi connectivity index (χ1v) is 7.46. The second kappa shape index (κ2) is 6.77. The van der Waals surface area contributed by atoms with Crippen molar-refractivity contribution in [1.29, 1.82) is 0 Å². The van der Waals surface area contributed by atoms with E-state index in [4.69, 9.17) is 0 Å². The number of piperazine rings is 1. The Morgan fingerprint density at radius 2 is 2.27 bits per heavy atom. The molecule has 0 aromatic heterocycles. The summed E-state index contributed by atoms with van der Waals surface area (Å²) in [5.74, 6) is 0. The molecule has 3 heteroatoms. The van der Waals surface area contributed by atoms with Gasteiger partial charge in [0.15, 0.2) is 0 Å². The molecule has 3 unspecified atom stereocenters. The summed E-state index contributed by atoms with van der Waals surface area (Å²) in [5, 5.41) is 4.40. The smallest absolute Gasteiger partial charge is 0.0195 e. The highest BCUT2D eigenvalue weighted by atomic mass is 32.2. The number of hydrogen-bond acceptors (Lipinski definition) is 3. The first-order valence-electron chi connectivity index (χ1n) is 6.17. The summed E-state index contributed by atoms with van der Waals surface area (Å²) in [6, 6.07) is 1.42. The number of hydrogen-bond donors (Lipinski definition) is 1. The van der Waals surface area contributed by atoms with E-state index in [9.17, 15) is 0 Å². The van der Waals surface area contributed by atoms with Crippen LogP contribution >= 0.6 is 11.8 Å². The molecule has 1 rings (SSSR count). The molecule has 1 fully saturated rings. The molecule has 1 aliphatic rings. The largest absolute Gasteiger partial charge is 0.311 e. The van der Waals surface area contributed by atoms with Gasteiger partial charge in [0, 0.05) is 37.0 Å². The first-order chi connectivity index (χ1) is 7.17. The van der Waals surface area contributed by atoms with E-state index in [1.54, 1.807) is 0 Å². The van der Waals surface area contributed by atoms with Crippen molar-refractivity contribution in [2.45, 2.75) is 50.9 Å². The van der Waals surface area contributed by atoms with Gasteiger partial charge in [-0.15, -0.1) is 0 Å². The van der Waals surface area contributed by atoms with Crippen LogP contribution in [0.3, 0.4) is 0 Å². The minimum Gasteiger partial charge on any atom is -0.311 e. The van der Waals surface area contributed by atoms with Crippen LogP contribution in [-0.4, -0.2) is 48.1 Å². The molecular weight excluding hydrogens is 204 g/mol. The molecule has 1 saturated heterocycles. The normalized spacial score (nSPS) is 30.4. The van der Waals surface area contributed by atoms with E-state index in [2.05, 4.69) is 37.2 Å². The number of rotatable bonds is 5. The molecule has 90 valence electrons. The highest BCUT2D eigenvalue weighted by Gasteiger charge is 2.24. The summed E-state index contributed by atoms with van der Waals surface area (Å²) in [7, 11) is 0. The predicted molar refractivity (Wildman–Crippen MR) is 70.7 cm³/mol. The second-order valence-corrected chi connectivity index (χ2v) is 6.02. The molecule has 1 heterocycles. The second-order valence-electron chi connectivity index (χ2n) is 4.74. The van der Waals surface area contributed by atoms with E-state index in [0.29, 0.717) is 6.04 Å². The highest BCUT2D eigenvalue weighted by molar-refractivity contribution is 7.99. The van der Waals surface area contributed by atoms with Crippen molar-refractivity contribution < 1.29 is 0 Å². The van der Waals surface area contributed by atoms with Gasteiger partial charge in [-0.05, 0) is 19.6 Å². The Morgan fingerprint density at radius 1 is 1.53 bits per heavy atom. The van der Waals surface area contributed by atoms with Crippen LogP contribution in [0.4, 0.5) is 0 Å². The van der Waals surface area contributed by atoms with E-state index in [0.717, 1.165) is 17.8 Å². The average Bonchev–Trinajstić information content (AvgIpc) is 2.23. The zero-order valence-corrected chi connectivity index (χ0v) is 11.4. The van der Waals surface area contributed by atoms with Crippen LogP contribution in [0.5, 0.6) is 0 Å². The van der Waals surface area contributed by atoms with Gasteiger partial charge in [0.1, 0.15) is 0 Å². The summed E-state index contributed by atoms with van der Waals surface area (Å²) in [5.41, 5.74) is 0. The molecule has 0 saturated carbocycles. The number of thioether (sulfide) groups is 1. The molecule has 0 amide bonds. The summed E-state index contributed by atoms with van der Waals surface area (Å²) < 4.78 is 0. The van der Waals surface area contributed by atoms with Gasteiger partial charge >= 0.3 is 0 Å². The van der Waals surface area contributed by atoms with Crippen molar-refractivity contribution in [3.8, 4) is 0 Å². The summed E-state index contributed by atoms with van der Waals surface area (Å²) in [4.78, 5) is 2.65. The molecule has 0 aromatic carbocycles.